The molecule has 0 aromatic carbocycles. The lowest BCUT2D eigenvalue weighted by molar-refractivity contribution is 0.278. The van der Waals surface area contributed by atoms with E-state index in [-0.39, 0.29) is 0 Å². The lowest BCUT2D eigenvalue weighted by Gasteiger charge is -2.26. The first-order valence-corrected chi connectivity index (χ1v) is 16.3. The van der Waals surface area contributed by atoms with Crippen LogP contribution in [0.4, 0.5) is 0 Å². The van der Waals surface area contributed by atoms with Crippen LogP contribution in [0.2, 0.25) is 0 Å². The minimum absolute atomic E-state index is 0.312. The Hall–Kier alpha value is -2.88. The Morgan fingerprint density at radius 2 is 1.11 bits per heavy atom. The molecule has 0 aromatic rings. The molecule has 0 saturated heterocycles. The van der Waals surface area contributed by atoms with Gasteiger partial charge in [0.05, 0.1) is 5.84 Å². The second kappa shape index (κ2) is 45.2. The van der Waals surface area contributed by atoms with Gasteiger partial charge in [-0.1, -0.05) is 6.92 Å². The topological polar surface area (TPSA) is 172 Å². The number of guanidine groups is 3. The van der Waals surface area contributed by atoms with E-state index in [9.17, 15) is 0 Å². The van der Waals surface area contributed by atoms with Gasteiger partial charge in [0.15, 0.2) is 17.9 Å². The van der Waals surface area contributed by atoms with E-state index in [1.165, 1.54) is 12.8 Å². The number of amidine groups is 1. The van der Waals surface area contributed by atoms with Crippen molar-refractivity contribution in [2.24, 2.45) is 20.0 Å². The van der Waals surface area contributed by atoms with Crippen LogP contribution in [0.5, 0.6) is 0 Å². The molecule has 0 spiro atoms. The van der Waals surface area contributed by atoms with Crippen molar-refractivity contribution in [2.45, 2.75) is 65.0 Å². The Labute approximate surface area is 291 Å². The zero-order valence-electron chi connectivity index (χ0n) is 34.1. The summed E-state index contributed by atoms with van der Waals surface area (Å²) >= 11 is 0. The standard InChI is InChI=1S/C11H26N4.C6H15NO.C5H13N3.C5H12N2.C4H11N3.CH4O/c1-10(12-2)8-7-9-15(6)11(13-3)14(4)5;1-6(7-2)4-3-5-8;1-6-5(7-2)8(3)4;1-4-5(6-2)7-3;1-5-4(6-2)7-3;1-2/h10,12H,7-9H2,1-6H3;6-8H,3-5H2,1-2H3;1-4H3,(H,6,7);4H2,1-3H3,(H,6,7);1-3H3,(H2,5,6,7);2H,1H3/t10-;6-;;;;/m11..../s1. The fourth-order valence-corrected chi connectivity index (χ4v) is 3.46. The average molecular weight is 680 g/mol. The molecule has 0 bridgehead atoms. The first-order valence-electron chi connectivity index (χ1n) is 16.3. The Morgan fingerprint density at radius 1 is 0.638 bits per heavy atom. The van der Waals surface area contributed by atoms with Crippen LogP contribution in [-0.2, 0) is 0 Å². The zero-order valence-corrected chi connectivity index (χ0v) is 34.1. The minimum atomic E-state index is 0.312. The van der Waals surface area contributed by atoms with Gasteiger partial charge >= 0.3 is 0 Å². The number of hydrogen-bond donors (Lipinski definition) is 8. The molecule has 0 aliphatic carbocycles. The van der Waals surface area contributed by atoms with Gasteiger partial charge in [0.1, 0.15) is 0 Å². The number of hydrogen-bond acceptors (Lipinski definition) is 8. The summed E-state index contributed by atoms with van der Waals surface area (Å²) < 4.78 is 0. The minimum Gasteiger partial charge on any atom is -0.400 e. The van der Waals surface area contributed by atoms with Crippen LogP contribution in [0.3, 0.4) is 0 Å². The van der Waals surface area contributed by atoms with Crippen molar-refractivity contribution < 1.29 is 10.2 Å². The van der Waals surface area contributed by atoms with Crippen LogP contribution in [0.25, 0.3) is 0 Å². The molecule has 286 valence electrons. The van der Waals surface area contributed by atoms with Crippen LogP contribution in [0, 0.1) is 0 Å². The molecule has 47 heavy (non-hydrogen) atoms. The highest BCUT2D eigenvalue weighted by Gasteiger charge is 2.07. The number of aliphatic imine (C=N–C) groups is 4. The predicted octanol–water partition coefficient (Wildman–Crippen LogP) is 0.637. The summed E-state index contributed by atoms with van der Waals surface area (Å²) in [5, 5.41) is 33.3. The summed E-state index contributed by atoms with van der Waals surface area (Å²) in [5.74, 6) is 3.79. The van der Waals surface area contributed by atoms with E-state index in [2.05, 4.69) is 84.6 Å². The average Bonchev–Trinajstić information content (AvgIpc) is 3.07. The van der Waals surface area contributed by atoms with Gasteiger partial charge < -0.3 is 56.8 Å². The molecule has 2 atom stereocenters. The zero-order chi connectivity index (χ0) is 38.2. The number of rotatable bonds is 10. The second-order valence-electron chi connectivity index (χ2n) is 10.3. The summed E-state index contributed by atoms with van der Waals surface area (Å²) in [6.45, 7) is 7.75. The maximum atomic E-state index is 8.38. The lowest BCUT2D eigenvalue weighted by atomic mass is 10.2. The van der Waals surface area contributed by atoms with E-state index in [0.717, 1.165) is 56.6 Å². The van der Waals surface area contributed by atoms with Crippen molar-refractivity contribution >= 4 is 23.7 Å². The van der Waals surface area contributed by atoms with Crippen LogP contribution in [0.15, 0.2) is 20.0 Å². The van der Waals surface area contributed by atoms with Gasteiger partial charge in [-0.2, -0.15) is 0 Å². The molecule has 0 rings (SSSR count). The van der Waals surface area contributed by atoms with E-state index < -0.39 is 0 Å². The Kier molecular flexibility index (Phi) is 54.3. The molecule has 8 N–H and O–H groups in total. The molecule has 0 amide bonds. The van der Waals surface area contributed by atoms with Crippen molar-refractivity contribution in [1.82, 2.24) is 46.6 Å². The molecule has 0 heterocycles. The van der Waals surface area contributed by atoms with E-state index in [1.54, 1.807) is 21.1 Å². The summed E-state index contributed by atoms with van der Waals surface area (Å²) in [6, 6.07) is 1.14. The van der Waals surface area contributed by atoms with E-state index >= 15 is 0 Å². The normalized spacial score (nSPS) is 11.6. The number of nitrogens with zero attached hydrogens (tertiary/aromatic N) is 7. The third kappa shape index (κ3) is 43.1. The number of aliphatic hydroxyl groups excluding tert-OH is 2. The van der Waals surface area contributed by atoms with Gasteiger partial charge in [0.25, 0.3) is 0 Å². The Bertz CT molecular complexity index is 700. The first kappa shape index (κ1) is 56.5. The van der Waals surface area contributed by atoms with Crippen molar-refractivity contribution in [3.63, 3.8) is 0 Å². The summed E-state index contributed by atoms with van der Waals surface area (Å²) in [7, 11) is 29.4. The van der Waals surface area contributed by atoms with E-state index in [4.69, 9.17) is 10.2 Å². The fourth-order valence-electron chi connectivity index (χ4n) is 3.46. The van der Waals surface area contributed by atoms with E-state index in [1.807, 2.05) is 87.3 Å². The molecular formula is C32H81N13O2. The predicted molar refractivity (Wildman–Crippen MR) is 211 cm³/mol. The molecule has 0 saturated carbocycles. The van der Waals surface area contributed by atoms with Gasteiger partial charge in [-0.25, -0.2) is 0 Å². The maximum Gasteiger partial charge on any atom is 0.195 e. The smallest absolute Gasteiger partial charge is 0.195 e. The summed E-state index contributed by atoms with van der Waals surface area (Å²) in [4.78, 5) is 22.1. The molecule has 15 heteroatoms. The molecule has 0 unspecified atom stereocenters. The van der Waals surface area contributed by atoms with Gasteiger partial charge in [-0.05, 0) is 53.6 Å². The van der Waals surface area contributed by atoms with Crippen LogP contribution in [-0.4, -0.2) is 187 Å². The SMILES string of the molecule is CCC(=NC)NC.CN=C(N(C)C)N(C)CCC[C@@H](C)NC.CN=C(NC)N(C)C.CN=C(NC)NC.CN[C@H](C)CCCO.CO. The van der Waals surface area contributed by atoms with Crippen LogP contribution in [0.1, 0.15) is 52.9 Å². The highest BCUT2D eigenvalue weighted by molar-refractivity contribution is 5.81. The van der Waals surface area contributed by atoms with Gasteiger partial charge in [0.2, 0.25) is 0 Å². The third-order valence-corrected chi connectivity index (χ3v) is 6.30. The van der Waals surface area contributed by atoms with Gasteiger partial charge in [-0.3, -0.25) is 20.0 Å². The molecule has 0 aliphatic heterocycles. The highest BCUT2D eigenvalue weighted by Crippen LogP contribution is 2.00. The molecule has 15 nitrogen and oxygen atoms in total. The molecule has 0 radical (unpaired) electrons. The highest BCUT2D eigenvalue weighted by atomic mass is 16.3. The van der Waals surface area contributed by atoms with Crippen molar-refractivity contribution in [3.8, 4) is 0 Å². The molecule has 0 fully saturated rings. The largest absolute Gasteiger partial charge is 0.400 e. The maximum absolute atomic E-state index is 8.38. The second-order valence-corrected chi connectivity index (χ2v) is 10.3. The van der Waals surface area contributed by atoms with Gasteiger partial charge in [0, 0.05) is 130 Å². The van der Waals surface area contributed by atoms with Gasteiger partial charge in [-0.15, -0.1) is 0 Å². The fraction of sp³-hybridized carbons (Fsp3) is 0.875. The Morgan fingerprint density at radius 3 is 1.28 bits per heavy atom. The summed E-state index contributed by atoms with van der Waals surface area (Å²) in [5.41, 5.74) is 0. The Balaban J connectivity index is -0.000000115. The third-order valence-electron chi connectivity index (χ3n) is 6.30. The lowest BCUT2D eigenvalue weighted by Crippen LogP contribution is -2.38. The molecule has 0 aromatic heterocycles. The van der Waals surface area contributed by atoms with Crippen LogP contribution >= 0.6 is 0 Å². The quantitative estimate of drug-likeness (QED) is 0.120. The number of nitrogens with one attached hydrogen (secondary N) is 6. The summed E-state index contributed by atoms with van der Waals surface area (Å²) in [6.07, 6.45) is 5.35. The van der Waals surface area contributed by atoms with E-state index in [0.29, 0.717) is 18.7 Å². The van der Waals surface area contributed by atoms with Crippen molar-refractivity contribution in [3.05, 3.63) is 0 Å². The molecule has 0 aliphatic rings. The molecular weight excluding hydrogens is 598 g/mol. The van der Waals surface area contributed by atoms with Crippen molar-refractivity contribution in [2.75, 3.05) is 126 Å². The first-order chi connectivity index (χ1) is 22.2. The monoisotopic (exact) mass is 680 g/mol. The number of aliphatic hydroxyl groups is 2. The van der Waals surface area contributed by atoms with Crippen molar-refractivity contribution in [1.29, 1.82) is 0 Å². The van der Waals surface area contributed by atoms with Crippen LogP contribution < -0.4 is 31.9 Å².